The van der Waals surface area contributed by atoms with Gasteiger partial charge in [0.1, 0.15) is 11.5 Å². The molecule has 102 heavy (non-hydrogen) atoms. The van der Waals surface area contributed by atoms with Gasteiger partial charge < -0.3 is 60.5 Å². The van der Waals surface area contributed by atoms with Crippen molar-refractivity contribution in [1.82, 2.24) is 0 Å². The molecule has 6 aromatic carbocycles. The molecule has 4 atom stereocenters. The second kappa shape index (κ2) is 46.1. The van der Waals surface area contributed by atoms with Gasteiger partial charge >= 0.3 is 52.0 Å². The first kappa shape index (κ1) is 99.0. The van der Waals surface area contributed by atoms with Crippen molar-refractivity contribution < 1.29 is 62.3 Å². The van der Waals surface area contributed by atoms with E-state index < -0.39 is 0 Å². The van der Waals surface area contributed by atoms with Crippen LogP contribution in [0.2, 0.25) is 0 Å². The fourth-order valence-electron chi connectivity index (χ4n) is 12.4. The van der Waals surface area contributed by atoms with Crippen LogP contribution in [0.3, 0.4) is 0 Å². The van der Waals surface area contributed by atoms with Crippen LogP contribution >= 0.6 is 0 Å². The van der Waals surface area contributed by atoms with E-state index in [1.54, 1.807) is 0 Å². The van der Waals surface area contributed by atoms with Gasteiger partial charge in [-0.1, -0.05) is 339 Å². The van der Waals surface area contributed by atoms with Gasteiger partial charge in [-0.2, -0.15) is 0 Å². The summed E-state index contributed by atoms with van der Waals surface area (Å²) in [6.07, 6.45) is 16.0. The average Bonchev–Trinajstić information content (AvgIpc) is 0.739. The molecule has 0 spiro atoms. The van der Waals surface area contributed by atoms with Crippen LogP contribution in [0.1, 0.15) is 321 Å². The number of para-hydroxylation sites is 2. The SMILES string of the molecule is CC1CCCCC1N=Cc1cc(C(C)(C)C)cc(C(C)(C)C)c1O.CC1CCCCC1N=Cc1cc(C(C)(C)C)cc(C(C)(C)C)c1O.CCC[N-]C(=Nc1c(C(C)C)cccc1C(C)C)c1ccccc1.CCC[N-]C(=Nc1c(C(C)C)cccc1C(C)C)c1ccccc1.[CH3-].[CH3-].[CH3-].[CH3-].[Hf+4].[Zr+2]. The summed E-state index contributed by atoms with van der Waals surface area (Å²) in [5.74, 6) is 5.49. The Kier molecular flexibility index (Phi) is 44.8. The van der Waals surface area contributed by atoms with Crippen LogP contribution in [0.4, 0.5) is 11.4 Å². The number of rotatable bonds is 16. The van der Waals surface area contributed by atoms with Crippen molar-refractivity contribution >= 4 is 35.5 Å². The van der Waals surface area contributed by atoms with Crippen LogP contribution in [0.15, 0.2) is 141 Å². The molecule has 6 aromatic rings. The van der Waals surface area contributed by atoms with E-state index in [4.69, 9.17) is 30.6 Å². The maximum absolute atomic E-state index is 10.8. The monoisotopic (exact) mass is 1630 g/mol. The Morgan fingerprint density at radius 1 is 0.431 bits per heavy atom. The van der Waals surface area contributed by atoms with Gasteiger partial charge in [-0.15, -0.1) is 0 Å². The fourth-order valence-corrected chi connectivity index (χ4v) is 12.4. The van der Waals surface area contributed by atoms with Gasteiger partial charge in [-0.3, -0.25) is 9.98 Å². The molecule has 2 N–H and O–H groups in total. The van der Waals surface area contributed by atoms with E-state index in [1.807, 2.05) is 48.8 Å². The van der Waals surface area contributed by atoms with Crippen LogP contribution < -0.4 is 0 Å². The van der Waals surface area contributed by atoms with Crippen molar-refractivity contribution in [3.8, 4) is 11.5 Å². The minimum atomic E-state index is -0.0912. The van der Waals surface area contributed by atoms with Gasteiger partial charge in [0.15, 0.2) is 0 Å². The van der Waals surface area contributed by atoms with Crippen molar-refractivity contribution in [3.05, 3.63) is 228 Å². The molecule has 2 aliphatic carbocycles. The van der Waals surface area contributed by atoms with E-state index in [0.29, 0.717) is 59.1 Å². The molecule has 10 heteroatoms. The van der Waals surface area contributed by atoms with Crippen LogP contribution in [0.25, 0.3) is 10.6 Å². The summed E-state index contributed by atoms with van der Waals surface area (Å²) in [5, 5.41) is 31.2. The van der Waals surface area contributed by atoms with Gasteiger partial charge in [-0.05, 0) is 151 Å². The third kappa shape index (κ3) is 30.1. The first-order valence-corrected chi connectivity index (χ1v) is 36.8. The zero-order valence-corrected chi connectivity index (χ0v) is 75.4. The number of benzene rings is 6. The smallest absolute Gasteiger partial charge is 0.507 e. The number of hydrogen-bond donors (Lipinski definition) is 2. The summed E-state index contributed by atoms with van der Waals surface area (Å²) in [5.41, 5.74) is 15.7. The first-order valence-electron chi connectivity index (χ1n) is 36.8. The number of phenolic OH excluding ortho intramolecular Hbond substituents is 2. The summed E-state index contributed by atoms with van der Waals surface area (Å²) in [6.45, 7) is 54.5. The second-order valence-corrected chi connectivity index (χ2v) is 32.7. The second-order valence-electron chi connectivity index (χ2n) is 32.7. The molecular formula is C92H140HfN6O2Zr. The molecule has 0 aromatic heterocycles. The molecule has 0 amide bonds. The maximum Gasteiger partial charge on any atom is 4.00 e. The number of hydrogen-bond acceptors (Lipinski definition) is 6. The van der Waals surface area contributed by atoms with Gasteiger partial charge in [-0.25, -0.2) is 0 Å². The predicted molar refractivity (Wildman–Crippen MR) is 446 cm³/mol. The molecule has 0 saturated heterocycles. The van der Waals surface area contributed by atoms with Gasteiger partial charge in [0.2, 0.25) is 0 Å². The molecule has 0 radical (unpaired) electrons. The molecule has 2 saturated carbocycles. The van der Waals surface area contributed by atoms with Crippen LogP contribution in [-0.4, -0.2) is 59.5 Å². The Morgan fingerprint density at radius 2 is 0.716 bits per heavy atom. The minimum Gasteiger partial charge on any atom is -0.507 e. The Hall–Kier alpha value is -5.05. The number of nitrogens with zero attached hydrogens (tertiary/aromatic N) is 6. The summed E-state index contributed by atoms with van der Waals surface area (Å²) >= 11 is 0. The van der Waals surface area contributed by atoms with Crippen molar-refractivity contribution in [2.24, 2.45) is 31.8 Å². The predicted octanol–water partition coefficient (Wildman–Crippen LogP) is 27.4. The normalized spacial score (nSPS) is 16.5. The third-order valence-electron chi connectivity index (χ3n) is 18.7. The first-order chi connectivity index (χ1) is 45.1. The van der Waals surface area contributed by atoms with Gasteiger partial charge in [0.25, 0.3) is 0 Å². The Bertz CT molecular complexity index is 3200. The minimum absolute atomic E-state index is 0. The molecule has 0 aliphatic heterocycles. The molecule has 2 fully saturated rings. The van der Waals surface area contributed by atoms with Crippen molar-refractivity contribution in [2.45, 2.75) is 288 Å². The third-order valence-corrected chi connectivity index (χ3v) is 18.7. The molecule has 4 unspecified atom stereocenters. The molecular weight excluding hydrogens is 1490 g/mol. The van der Waals surface area contributed by atoms with E-state index in [0.717, 1.165) is 82.4 Å². The zero-order chi connectivity index (χ0) is 71.3. The average molecular weight is 1630 g/mol. The molecule has 0 heterocycles. The Morgan fingerprint density at radius 3 is 0.961 bits per heavy atom. The summed E-state index contributed by atoms with van der Waals surface area (Å²) < 4.78 is 0. The standard InChI is InChI=1S/2C22H29N2.2C22H35NO.4CH3.Hf.Zr/c2*1-6-15-23-22(18-11-8-7-9-12-18)24-21-19(16(2)3)13-10-14-20(21)17(4)5;2*1-15-10-8-9-11-19(15)23-14-16-12-17(21(2,3)4)13-18(20(16)24)22(5,6)7;;;;;;/h2*7-14,16-17H,6,15H2,1-5H3;2*12-15,19,24H,8-11H2,1-7H3;4*1H3;;/q2*-1;;;4*-1;+4;+2. The fraction of sp³-hybridized carbons (Fsp3) is 0.522. The van der Waals surface area contributed by atoms with Gasteiger partial charge in [0.05, 0.1) is 12.1 Å². The topological polar surface area (TPSA) is 118 Å². The molecule has 8 nitrogen and oxygen atoms in total. The zero-order valence-electron chi connectivity index (χ0n) is 69.4. The largest absolute Gasteiger partial charge is 4.00 e. The quantitative estimate of drug-likeness (QED) is 0.0434. The molecule has 0 bridgehead atoms. The van der Waals surface area contributed by atoms with E-state index in [-0.39, 0.29) is 103 Å². The summed E-state index contributed by atoms with van der Waals surface area (Å²) in [6, 6.07) is 43.0. The van der Waals surface area contributed by atoms with Crippen LogP contribution in [-0.2, 0) is 73.7 Å². The van der Waals surface area contributed by atoms with Gasteiger partial charge in [0, 0.05) is 34.7 Å². The Balaban J connectivity index is 0. The van der Waals surface area contributed by atoms with E-state index in [1.165, 1.54) is 84.7 Å². The van der Waals surface area contributed by atoms with E-state index in [9.17, 15) is 10.2 Å². The summed E-state index contributed by atoms with van der Waals surface area (Å²) in [7, 11) is 0. The van der Waals surface area contributed by atoms with Crippen molar-refractivity contribution in [3.63, 3.8) is 0 Å². The van der Waals surface area contributed by atoms with E-state index in [2.05, 4.69) is 251 Å². The van der Waals surface area contributed by atoms with Crippen molar-refractivity contribution in [2.75, 3.05) is 13.1 Å². The Labute approximate surface area is 665 Å². The number of phenols is 2. The summed E-state index contributed by atoms with van der Waals surface area (Å²) in [4.78, 5) is 19.8. The number of aliphatic imine (C=N–C) groups is 4. The maximum atomic E-state index is 10.8. The molecule has 558 valence electrons. The van der Waals surface area contributed by atoms with Crippen molar-refractivity contribution in [1.29, 1.82) is 0 Å². The van der Waals surface area contributed by atoms with E-state index >= 15 is 0 Å². The number of aromatic hydroxyl groups is 2. The molecule has 2 aliphatic rings. The van der Waals surface area contributed by atoms with Crippen LogP contribution in [0, 0.1) is 41.5 Å². The number of amidine groups is 2. The molecule has 8 rings (SSSR count). The van der Waals surface area contributed by atoms with Crippen LogP contribution in [0.5, 0.6) is 11.5 Å².